The lowest BCUT2D eigenvalue weighted by Crippen LogP contribution is -2.15. The molecule has 3 N–H and O–H groups in total. The van der Waals surface area contributed by atoms with Crippen molar-refractivity contribution in [3.8, 4) is 0 Å². The van der Waals surface area contributed by atoms with Crippen LogP contribution in [0.4, 0.5) is 15.9 Å². The molecule has 0 aliphatic rings. The third-order valence-electron chi connectivity index (χ3n) is 2.07. The van der Waals surface area contributed by atoms with E-state index in [4.69, 9.17) is 5.73 Å². The van der Waals surface area contributed by atoms with Gasteiger partial charge in [-0.25, -0.2) is 22.8 Å². The molecular weight excluding hydrogens is 259 g/mol. The number of sulfonamides is 1. The second-order valence-corrected chi connectivity index (χ2v) is 5.04. The number of nitrogens with one attached hydrogen (secondary N) is 1. The normalized spacial score (nSPS) is 11.2. The molecule has 0 aliphatic carbocycles. The first-order valence-corrected chi connectivity index (χ1v) is 6.31. The highest BCUT2D eigenvalue weighted by Crippen LogP contribution is 2.19. The Bertz CT molecular complexity index is 661. The van der Waals surface area contributed by atoms with Gasteiger partial charge in [0.25, 0.3) is 10.0 Å². The highest BCUT2D eigenvalue weighted by Gasteiger charge is 2.19. The zero-order valence-electron chi connectivity index (χ0n) is 9.04. The summed E-state index contributed by atoms with van der Waals surface area (Å²) in [4.78, 5) is 6.84. The van der Waals surface area contributed by atoms with Crippen LogP contribution in [0.25, 0.3) is 0 Å². The highest BCUT2D eigenvalue weighted by molar-refractivity contribution is 7.92. The average molecular weight is 268 g/mol. The Hall–Kier alpha value is -2.22. The van der Waals surface area contributed by atoms with Crippen molar-refractivity contribution < 1.29 is 12.8 Å². The summed E-state index contributed by atoms with van der Waals surface area (Å²) in [7, 11) is -4.03. The standard InChI is InChI=1S/C10H9FN4O2S/c11-8-5-7(12)1-2-9(8)18(16,17)15-10-3-4-13-6-14-10/h1-6H,12H2,(H,13,14,15). The molecule has 0 bridgehead atoms. The molecular formula is C10H9FN4O2S. The van der Waals surface area contributed by atoms with E-state index in [1.165, 1.54) is 24.7 Å². The summed E-state index contributed by atoms with van der Waals surface area (Å²) in [6, 6.07) is 4.69. The molecule has 0 aliphatic heterocycles. The summed E-state index contributed by atoms with van der Waals surface area (Å²) in [5, 5.41) is 0. The number of benzene rings is 1. The topological polar surface area (TPSA) is 98.0 Å². The number of nitrogen functional groups attached to an aromatic ring is 1. The van der Waals surface area contributed by atoms with Crippen molar-refractivity contribution in [2.24, 2.45) is 0 Å². The Morgan fingerprint density at radius 2 is 2.06 bits per heavy atom. The van der Waals surface area contributed by atoms with Crippen LogP contribution in [0.3, 0.4) is 0 Å². The molecule has 2 aromatic rings. The number of hydrogen-bond donors (Lipinski definition) is 2. The SMILES string of the molecule is Nc1ccc(S(=O)(=O)Nc2ccncn2)c(F)c1. The zero-order valence-corrected chi connectivity index (χ0v) is 9.86. The second-order valence-electron chi connectivity index (χ2n) is 3.39. The molecule has 1 heterocycles. The Balaban J connectivity index is 2.37. The van der Waals surface area contributed by atoms with Crippen LogP contribution in [0.15, 0.2) is 41.7 Å². The minimum atomic E-state index is -4.03. The number of anilines is 2. The summed E-state index contributed by atoms with van der Waals surface area (Å²) >= 11 is 0. The van der Waals surface area contributed by atoms with Crippen molar-refractivity contribution in [2.75, 3.05) is 10.5 Å². The van der Waals surface area contributed by atoms with E-state index in [1.807, 2.05) is 0 Å². The minimum absolute atomic E-state index is 0.0567. The fraction of sp³-hybridized carbons (Fsp3) is 0. The number of nitrogens with zero attached hydrogens (tertiary/aromatic N) is 2. The van der Waals surface area contributed by atoms with E-state index in [-0.39, 0.29) is 11.5 Å². The maximum absolute atomic E-state index is 13.5. The summed E-state index contributed by atoms with van der Waals surface area (Å²) in [5.41, 5.74) is 5.49. The lowest BCUT2D eigenvalue weighted by molar-refractivity contribution is 0.570. The van der Waals surface area contributed by atoms with E-state index in [2.05, 4.69) is 14.7 Å². The van der Waals surface area contributed by atoms with Gasteiger partial charge in [-0.1, -0.05) is 0 Å². The number of aromatic nitrogens is 2. The molecule has 6 nitrogen and oxygen atoms in total. The number of hydrogen-bond acceptors (Lipinski definition) is 5. The summed E-state index contributed by atoms with van der Waals surface area (Å²) in [6.07, 6.45) is 2.54. The van der Waals surface area contributed by atoms with Crippen molar-refractivity contribution in [1.82, 2.24) is 9.97 Å². The molecule has 0 saturated carbocycles. The summed E-state index contributed by atoms with van der Waals surface area (Å²) in [6.45, 7) is 0. The van der Waals surface area contributed by atoms with E-state index in [0.717, 1.165) is 12.1 Å². The van der Waals surface area contributed by atoms with Gasteiger partial charge in [-0.15, -0.1) is 0 Å². The van der Waals surface area contributed by atoms with Gasteiger partial charge in [0.15, 0.2) is 0 Å². The van der Waals surface area contributed by atoms with Crippen molar-refractivity contribution in [1.29, 1.82) is 0 Å². The molecule has 0 saturated heterocycles. The van der Waals surface area contributed by atoms with E-state index in [9.17, 15) is 12.8 Å². The van der Waals surface area contributed by atoms with E-state index < -0.39 is 20.7 Å². The Morgan fingerprint density at radius 3 is 2.67 bits per heavy atom. The predicted molar refractivity (Wildman–Crippen MR) is 63.7 cm³/mol. The summed E-state index contributed by atoms with van der Waals surface area (Å²) < 4.78 is 39.4. The molecule has 0 amide bonds. The maximum atomic E-state index is 13.5. The Labute approximate surface area is 103 Å². The largest absolute Gasteiger partial charge is 0.399 e. The van der Waals surface area contributed by atoms with Gasteiger partial charge in [0.05, 0.1) is 0 Å². The van der Waals surface area contributed by atoms with Crippen LogP contribution >= 0.6 is 0 Å². The fourth-order valence-corrected chi connectivity index (χ4v) is 2.35. The molecule has 0 spiro atoms. The van der Waals surface area contributed by atoms with Crippen LogP contribution < -0.4 is 10.5 Å². The number of rotatable bonds is 3. The fourth-order valence-electron chi connectivity index (χ4n) is 1.28. The quantitative estimate of drug-likeness (QED) is 0.809. The first-order valence-electron chi connectivity index (χ1n) is 4.83. The van der Waals surface area contributed by atoms with Crippen LogP contribution in [-0.2, 0) is 10.0 Å². The van der Waals surface area contributed by atoms with E-state index >= 15 is 0 Å². The third-order valence-corrected chi connectivity index (χ3v) is 3.45. The van der Waals surface area contributed by atoms with Crippen LogP contribution in [0.2, 0.25) is 0 Å². The maximum Gasteiger partial charge on any atom is 0.265 e. The molecule has 18 heavy (non-hydrogen) atoms. The lowest BCUT2D eigenvalue weighted by atomic mass is 10.3. The van der Waals surface area contributed by atoms with Gasteiger partial charge in [0, 0.05) is 11.9 Å². The number of halogens is 1. The van der Waals surface area contributed by atoms with E-state index in [0.29, 0.717) is 0 Å². The van der Waals surface area contributed by atoms with Crippen molar-refractivity contribution in [3.05, 3.63) is 42.6 Å². The van der Waals surface area contributed by atoms with Crippen molar-refractivity contribution in [3.63, 3.8) is 0 Å². The van der Waals surface area contributed by atoms with Gasteiger partial charge in [-0.3, -0.25) is 4.72 Å². The average Bonchev–Trinajstić information content (AvgIpc) is 2.29. The molecule has 0 radical (unpaired) electrons. The second kappa shape index (κ2) is 4.57. The monoisotopic (exact) mass is 268 g/mol. The highest BCUT2D eigenvalue weighted by atomic mass is 32.2. The molecule has 1 aromatic heterocycles. The molecule has 0 atom stereocenters. The van der Waals surface area contributed by atoms with Gasteiger partial charge in [-0.2, -0.15) is 0 Å². The van der Waals surface area contributed by atoms with Crippen molar-refractivity contribution in [2.45, 2.75) is 4.90 Å². The first kappa shape index (κ1) is 12.2. The van der Waals surface area contributed by atoms with Crippen LogP contribution in [-0.4, -0.2) is 18.4 Å². The molecule has 0 fully saturated rings. The minimum Gasteiger partial charge on any atom is -0.399 e. The molecule has 94 valence electrons. The summed E-state index contributed by atoms with van der Waals surface area (Å²) in [5.74, 6) is -0.863. The van der Waals surface area contributed by atoms with Gasteiger partial charge in [0.1, 0.15) is 22.9 Å². The Kier molecular flexibility index (Phi) is 3.11. The first-order chi connectivity index (χ1) is 8.49. The van der Waals surface area contributed by atoms with Crippen molar-refractivity contribution >= 4 is 21.5 Å². The van der Waals surface area contributed by atoms with Crippen LogP contribution in [0.1, 0.15) is 0 Å². The van der Waals surface area contributed by atoms with Gasteiger partial charge in [-0.05, 0) is 24.3 Å². The number of nitrogens with two attached hydrogens (primary N) is 1. The smallest absolute Gasteiger partial charge is 0.265 e. The predicted octanol–water partition coefficient (Wildman–Crippen LogP) is 0.999. The van der Waals surface area contributed by atoms with Crippen LogP contribution in [0, 0.1) is 5.82 Å². The van der Waals surface area contributed by atoms with Gasteiger partial charge < -0.3 is 5.73 Å². The third kappa shape index (κ3) is 2.54. The van der Waals surface area contributed by atoms with E-state index in [1.54, 1.807) is 0 Å². The Morgan fingerprint density at radius 1 is 1.28 bits per heavy atom. The van der Waals surface area contributed by atoms with Gasteiger partial charge in [0.2, 0.25) is 0 Å². The zero-order chi connectivity index (χ0) is 13.2. The molecule has 8 heteroatoms. The lowest BCUT2D eigenvalue weighted by Gasteiger charge is -2.07. The molecule has 0 unspecified atom stereocenters. The molecule has 2 rings (SSSR count). The van der Waals surface area contributed by atoms with Crippen LogP contribution in [0.5, 0.6) is 0 Å². The molecule has 1 aromatic carbocycles. The van der Waals surface area contributed by atoms with Gasteiger partial charge >= 0.3 is 0 Å².